The Morgan fingerprint density at radius 1 is 1.45 bits per heavy atom. The van der Waals surface area contributed by atoms with Gasteiger partial charge in [-0.2, -0.15) is 5.10 Å². The normalized spacial score (nSPS) is 17.5. The fourth-order valence-electron chi connectivity index (χ4n) is 2.55. The monoisotopic (exact) mass is 316 g/mol. The number of hydrazone groups is 1. The van der Waals surface area contributed by atoms with Crippen LogP contribution in [0.2, 0.25) is 0 Å². The maximum Gasteiger partial charge on any atom is 0.240 e. The van der Waals surface area contributed by atoms with E-state index in [-0.39, 0.29) is 17.7 Å². The molecular formula is C16H16N2O3S. The summed E-state index contributed by atoms with van der Waals surface area (Å²) < 4.78 is 5.09. The summed E-state index contributed by atoms with van der Waals surface area (Å²) in [6.07, 6.45) is 0.583. The maximum absolute atomic E-state index is 11.9. The number of nitrogens with zero attached hydrogens (tertiary/aromatic N) is 2. The second-order valence-corrected chi connectivity index (χ2v) is 6.01. The van der Waals surface area contributed by atoms with Crippen LogP contribution in [0.5, 0.6) is 11.5 Å². The van der Waals surface area contributed by atoms with Crippen LogP contribution in [0.4, 0.5) is 0 Å². The summed E-state index contributed by atoms with van der Waals surface area (Å²) in [7, 11) is 1.55. The quantitative estimate of drug-likeness (QED) is 0.946. The average Bonchev–Trinajstić information content (AvgIpc) is 3.15. The van der Waals surface area contributed by atoms with E-state index in [4.69, 9.17) is 4.74 Å². The summed E-state index contributed by atoms with van der Waals surface area (Å²) in [5.74, 6) is 0.577. The zero-order chi connectivity index (χ0) is 15.7. The smallest absolute Gasteiger partial charge is 0.240 e. The molecule has 1 aliphatic heterocycles. The number of benzene rings is 1. The molecule has 0 bridgehead atoms. The van der Waals surface area contributed by atoms with Crippen LogP contribution in [0.1, 0.15) is 29.8 Å². The second-order valence-electron chi connectivity index (χ2n) is 5.03. The first-order chi connectivity index (χ1) is 10.6. The molecule has 3 rings (SSSR count). The molecule has 0 radical (unpaired) electrons. The van der Waals surface area contributed by atoms with Crippen molar-refractivity contribution in [1.29, 1.82) is 0 Å². The van der Waals surface area contributed by atoms with Crippen LogP contribution in [0.25, 0.3) is 0 Å². The van der Waals surface area contributed by atoms with Crippen LogP contribution in [0.15, 0.2) is 40.8 Å². The molecule has 1 aliphatic rings. The van der Waals surface area contributed by atoms with Crippen molar-refractivity contribution in [2.24, 2.45) is 5.10 Å². The van der Waals surface area contributed by atoms with Gasteiger partial charge in [0.1, 0.15) is 11.5 Å². The van der Waals surface area contributed by atoms with E-state index in [0.29, 0.717) is 23.4 Å². The van der Waals surface area contributed by atoms with Crippen LogP contribution >= 0.6 is 11.3 Å². The number of methoxy groups -OCH3 is 1. The number of rotatable bonds is 3. The molecule has 2 aromatic rings. The number of thiophene rings is 1. The first-order valence-corrected chi connectivity index (χ1v) is 7.76. The van der Waals surface area contributed by atoms with Gasteiger partial charge in [0, 0.05) is 29.9 Å². The van der Waals surface area contributed by atoms with Gasteiger partial charge in [-0.15, -0.1) is 11.3 Å². The molecule has 6 heteroatoms. The molecule has 1 aromatic heterocycles. The summed E-state index contributed by atoms with van der Waals surface area (Å²) in [6, 6.07) is 8.94. The molecule has 0 fully saturated rings. The minimum absolute atomic E-state index is 0.103. The molecule has 1 aromatic carbocycles. The zero-order valence-electron chi connectivity index (χ0n) is 12.3. The summed E-state index contributed by atoms with van der Waals surface area (Å²) in [4.78, 5) is 12.9. The molecule has 0 saturated carbocycles. The van der Waals surface area contributed by atoms with Crippen LogP contribution in [0.3, 0.4) is 0 Å². The summed E-state index contributed by atoms with van der Waals surface area (Å²) in [5.41, 5.74) is 1.33. The largest absolute Gasteiger partial charge is 0.507 e. The second kappa shape index (κ2) is 5.81. The van der Waals surface area contributed by atoms with Crippen molar-refractivity contribution in [2.75, 3.05) is 7.11 Å². The molecule has 1 N–H and O–H groups in total. The molecule has 0 aliphatic carbocycles. The third kappa shape index (κ3) is 2.57. The Morgan fingerprint density at radius 3 is 2.86 bits per heavy atom. The highest BCUT2D eigenvalue weighted by Crippen LogP contribution is 2.37. The number of amides is 1. The van der Waals surface area contributed by atoms with Crippen LogP contribution in [0, 0.1) is 0 Å². The lowest BCUT2D eigenvalue weighted by Crippen LogP contribution is -2.23. The minimum atomic E-state index is -0.110. The molecule has 2 heterocycles. The molecule has 114 valence electrons. The number of phenols is 1. The van der Waals surface area contributed by atoms with Crippen molar-refractivity contribution in [3.8, 4) is 11.5 Å². The van der Waals surface area contributed by atoms with Gasteiger partial charge in [-0.3, -0.25) is 4.79 Å². The van der Waals surface area contributed by atoms with Gasteiger partial charge in [0.15, 0.2) is 0 Å². The predicted octanol–water partition coefficient (Wildman–Crippen LogP) is 3.16. The Hall–Kier alpha value is -2.34. The molecule has 1 atom stereocenters. The number of hydrogen-bond acceptors (Lipinski definition) is 5. The highest BCUT2D eigenvalue weighted by atomic mass is 32.1. The van der Waals surface area contributed by atoms with E-state index in [0.717, 1.165) is 4.88 Å². The predicted molar refractivity (Wildman–Crippen MR) is 85.4 cm³/mol. The SMILES string of the molecule is COc1ccc(C2=NN(C(C)=O)[C@@H](c3cccs3)C2)c(O)c1. The van der Waals surface area contributed by atoms with Gasteiger partial charge in [-0.05, 0) is 23.6 Å². The van der Waals surface area contributed by atoms with E-state index in [1.54, 1.807) is 36.6 Å². The van der Waals surface area contributed by atoms with Crippen LogP contribution in [-0.2, 0) is 4.79 Å². The molecular weight excluding hydrogens is 300 g/mol. The van der Waals surface area contributed by atoms with Gasteiger partial charge in [-0.1, -0.05) is 6.07 Å². The summed E-state index contributed by atoms with van der Waals surface area (Å²) >= 11 is 1.60. The topological polar surface area (TPSA) is 62.1 Å². The Labute approximate surface area is 132 Å². The maximum atomic E-state index is 11.9. The third-order valence-corrected chi connectivity index (χ3v) is 4.59. The molecule has 5 nitrogen and oxygen atoms in total. The van der Waals surface area contributed by atoms with Crippen molar-refractivity contribution < 1.29 is 14.6 Å². The number of aromatic hydroxyl groups is 1. The third-order valence-electron chi connectivity index (χ3n) is 3.62. The van der Waals surface area contributed by atoms with Gasteiger partial charge in [-0.25, -0.2) is 5.01 Å². The molecule has 22 heavy (non-hydrogen) atoms. The Balaban J connectivity index is 1.95. The Kier molecular flexibility index (Phi) is 3.85. The fraction of sp³-hybridized carbons (Fsp3) is 0.250. The summed E-state index contributed by atoms with van der Waals surface area (Å²) in [6.45, 7) is 1.50. The van der Waals surface area contributed by atoms with E-state index in [1.807, 2.05) is 17.5 Å². The van der Waals surface area contributed by atoms with E-state index in [9.17, 15) is 9.90 Å². The van der Waals surface area contributed by atoms with E-state index in [2.05, 4.69) is 5.10 Å². The zero-order valence-corrected chi connectivity index (χ0v) is 13.1. The lowest BCUT2D eigenvalue weighted by molar-refractivity contribution is -0.130. The number of hydrogen-bond donors (Lipinski definition) is 1. The molecule has 1 amide bonds. The first-order valence-electron chi connectivity index (χ1n) is 6.88. The number of phenolic OH excluding ortho intramolecular Hbond substituents is 1. The molecule has 0 spiro atoms. The molecule has 0 saturated heterocycles. The van der Waals surface area contributed by atoms with Crippen molar-refractivity contribution in [1.82, 2.24) is 5.01 Å². The van der Waals surface area contributed by atoms with Crippen molar-refractivity contribution in [2.45, 2.75) is 19.4 Å². The van der Waals surface area contributed by atoms with Crippen LogP contribution in [-0.4, -0.2) is 28.8 Å². The highest BCUT2D eigenvalue weighted by Gasteiger charge is 2.32. The fourth-order valence-corrected chi connectivity index (χ4v) is 3.36. The highest BCUT2D eigenvalue weighted by molar-refractivity contribution is 7.10. The molecule has 0 unspecified atom stereocenters. The lowest BCUT2D eigenvalue weighted by atomic mass is 10.0. The average molecular weight is 316 g/mol. The van der Waals surface area contributed by atoms with Crippen molar-refractivity contribution in [3.05, 3.63) is 46.2 Å². The number of carbonyl (C=O) groups excluding carboxylic acids is 1. The number of ether oxygens (including phenoxy) is 1. The van der Waals surface area contributed by atoms with Crippen LogP contribution < -0.4 is 4.74 Å². The van der Waals surface area contributed by atoms with Gasteiger partial charge in [0.05, 0.1) is 18.9 Å². The van der Waals surface area contributed by atoms with Crippen molar-refractivity contribution >= 4 is 23.0 Å². The standard InChI is InChI=1S/C16H16N2O3S/c1-10(19)18-14(16-4-3-7-22-16)9-13(17-18)12-6-5-11(21-2)8-15(12)20/h3-8,14,20H,9H2,1-2H3/t14-/m1/s1. The van der Waals surface area contributed by atoms with Gasteiger partial charge in [0.25, 0.3) is 0 Å². The van der Waals surface area contributed by atoms with E-state index in [1.165, 1.54) is 11.9 Å². The lowest BCUT2D eigenvalue weighted by Gasteiger charge is -2.18. The Bertz CT molecular complexity index is 725. The first kappa shape index (κ1) is 14.6. The van der Waals surface area contributed by atoms with E-state index < -0.39 is 0 Å². The number of carbonyl (C=O) groups is 1. The Morgan fingerprint density at radius 2 is 2.27 bits per heavy atom. The minimum Gasteiger partial charge on any atom is -0.507 e. The van der Waals surface area contributed by atoms with Gasteiger partial charge >= 0.3 is 0 Å². The van der Waals surface area contributed by atoms with Crippen molar-refractivity contribution in [3.63, 3.8) is 0 Å². The summed E-state index contributed by atoms with van der Waals surface area (Å²) in [5, 5.41) is 18.1. The van der Waals surface area contributed by atoms with E-state index >= 15 is 0 Å². The van der Waals surface area contributed by atoms with Gasteiger partial charge in [0.2, 0.25) is 5.91 Å². The van der Waals surface area contributed by atoms with Gasteiger partial charge < -0.3 is 9.84 Å².